The zero-order valence-corrected chi connectivity index (χ0v) is 13.4. The minimum Gasteiger partial charge on any atom is -0.361 e. The fraction of sp³-hybridized carbons (Fsp3) is 0.250. The number of nitrogens with one attached hydrogen (secondary N) is 2. The molecule has 0 spiro atoms. The molecule has 0 saturated carbocycles. The molecule has 1 aromatic carbocycles. The number of hydrogen-bond donors (Lipinski definition) is 2. The van der Waals surface area contributed by atoms with Crippen LogP contribution in [0.2, 0.25) is 0 Å². The van der Waals surface area contributed by atoms with Gasteiger partial charge in [-0.2, -0.15) is 0 Å². The van der Waals surface area contributed by atoms with Crippen LogP contribution in [-0.4, -0.2) is 49.0 Å². The van der Waals surface area contributed by atoms with Crippen molar-refractivity contribution in [2.24, 2.45) is 0 Å². The van der Waals surface area contributed by atoms with E-state index in [1.807, 2.05) is 14.1 Å². The van der Waals surface area contributed by atoms with Gasteiger partial charge in [-0.3, -0.25) is 9.59 Å². The highest BCUT2D eigenvalue weighted by Gasteiger charge is 2.09. The van der Waals surface area contributed by atoms with Crippen LogP contribution in [0.1, 0.15) is 20.8 Å². The summed E-state index contributed by atoms with van der Waals surface area (Å²) in [6.45, 7) is 0.480. The number of anilines is 1. The average molecular weight is 331 g/mol. The molecule has 0 saturated heterocycles. The number of halogens is 1. The van der Waals surface area contributed by atoms with Crippen molar-refractivity contribution in [3.05, 3.63) is 53.7 Å². The van der Waals surface area contributed by atoms with Gasteiger partial charge in [-0.05, 0) is 24.3 Å². The zero-order chi connectivity index (χ0) is 17.5. The summed E-state index contributed by atoms with van der Waals surface area (Å²) in [6.07, 6.45) is 2.90. The van der Waals surface area contributed by atoms with Crippen LogP contribution >= 0.6 is 0 Å². The van der Waals surface area contributed by atoms with Gasteiger partial charge in [-0.15, -0.1) is 0 Å². The Labute approximate surface area is 138 Å². The topological polar surface area (TPSA) is 87.2 Å². The van der Waals surface area contributed by atoms with Crippen molar-refractivity contribution in [1.82, 2.24) is 20.6 Å². The van der Waals surface area contributed by atoms with Crippen LogP contribution in [0.5, 0.6) is 0 Å². The van der Waals surface area contributed by atoms with Crippen molar-refractivity contribution >= 4 is 17.6 Å². The molecule has 0 aliphatic heterocycles. The van der Waals surface area contributed by atoms with E-state index in [-0.39, 0.29) is 30.6 Å². The first-order chi connectivity index (χ1) is 11.5. The van der Waals surface area contributed by atoms with E-state index in [1.165, 1.54) is 36.7 Å². The molecule has 0 aliphatic rings. The number of amides is 2. The van der Waals surface area contributed by atoms with E-state index in [0.29, 0.717) is 11.4 Å². The minimum atomic E-state index is -0.403. The molecule has 0 atom stereocenters. The Morgan fingerprint density at radius 2 is 1.62 bits per heavy atom. The molecule has 2 aromatic rings. The van der Waals surface area contributed by atoms with Gasteiger partial charge < -0.3 is 15.5 Å². The maximum atomic E-state index is 12.8. The number of carbonyl (C=O) groups is 2. The molecular formula is C16H18FN5O2. The quantitative estimate of drug-likeness (QED) is 0.766. The van der Waals surface area contributed by atoms with Crippen molar-refractivity contribution in [1.29, 1.82) is 0 Å². The third-order valence-electron chi connectivity index (χ3n) is 3.13. The summed E-state index contributed by atoms with van der Waals surface area (Å²) < 4.78 is 12.8. The summed E-state index contributed by atoms with van der Waals surface area (Å²) in [5.74, 6) is -0.457. The van der Waals surface area contributed by atoms with Crippen LogP contribution in [0, 0.1) is 5.82 Å². The van der Waals surface area contributed by atoms with E-state index in [9.17, 15) is 14.0 Å². The molecular weight excluding hydrogens is 313 g/mol. The molecule has 1 aromatic heterocycles. The Hall–Kier alpha value is -3.03. The summed E-state index contributed by atoms with van der Waals surface area (Å²) >= 11 is 0. The molecule has 2 amide bonds. The van der Waals surface area contributed by atoms with E-state index in [2.05, 4.69) is 20.6 Å². The second kappa shape index (κ2) is 8.00. The second-order valence-corrected chi connectivity index (χ2v) is 5.17. The molecule has 0 radical (unpaired) electrons. The van der Waals surface area contributed by atoms with Gasteiger partial charge in [-0.25, -0.2) is 14.4 Å². The van der Waals surface area contributed by atoms with E-state index in [0.717, 1.165) is 0 Å². The average Bonchev–Trinajstić information content (AvgIpc) is 2.59. The van der Waals surface area contributed by atoms with E-state index in [4.69, 9.17) is 0 Å². The van der Waals surface area contributed by atoms with E-state index >= 15 is 0 Å². The van der Waals surface area contributed by atoms with Crippen molar-refractivity contribution in [2.75, 3.05) is 32.1 Å². The molecule has 2 rings (SSSR count). The van der Waals surface area contributed by atoms with Crippen LogP contribution in [0.15, 0.2) is 36.7 Å². The Bertz CT molecular complexity index is 701. The molecule has 1 heterocycles. The summed E-state index contributed by atoms with van der Waals surface area (Å²) in [7, 11) is 3.65. The number of rotatable bonds is 6. The molecule has 2 N–H and O–H groups in total. The predicted molar refractivity (Wildman–Crippen MR) is 87.4 cm³/mol. The lowest BCUT2D eigenvalue weighted by Gasteiger charge is -2.10. The second-order valence-electron chi connectivity index (χ2n) is 5.17. The normalized spacial score (nSPS) is 10.1. The van der Waals surface area contributed by atoms with Crippen LogP contribution in [0.4, 0.5) is 10.2 Å². The summed E-state index contributed by atoms with van der Waals surface area (Å²) in [5.41, 5.74) is 0.554. The minimum absolute atomic E-state index is 0.200. The summed E-state index contributed by atoms with van der Waals surface area (Å²) in [6, 6.07) is 5.22. The van der Waals surface area contributed by atoms with Gasteiger partial charge >= 0.3 is 0 Å². The first-order valence-electron chi connectivity index (χ1n) is 7.28. The lowest BCUT2D eigenvalue weighted by atomic mass is 10.2. The van der Waals surface area contributed by atoms with Gasteiger partial charge in [-0.1, -0.05) is 0 Å². The van der Waals surface area contributed by atoms with Crippen LogP contribution < -0.4 is 15.5 Å². The van der Waals surface area contributed by atoms with E-state index in [1.54, 1.807) is 4.90 Å². The fourth-order valence-corrected chi connectivity index (χ4v) is 1.82. The number of nitrogens with zero attached hydrogens (tertiary/aromatic N) is 3. The van der Waals surface area contributed by atoms with Crippen molar-refractivity contribution < 1.29 is 14.0 Å². The fourth-order valence-electron chi connectivity index (χ4n) is 1.82. The summed E-state index contributed by atoms with van der Waals surface area (Å²) in [4.78, 5) is 33.6. The standard InChI is InChI=1S/C16H18FN5O2/c1-22(2)14-10-20-13(9-21-14)16(24)19-8-7-18-15(23)11-3-5-12(17)6-4-11/h3-6,9-10H,7-8H2,1-2H3,(H,18,23)(H,19,24). The van der Waals surface area contributed by atoms with Gasteiger partial charge in [0.2, 0.25) is 0 Å². The van der Waals surface area contributed by atoms with E-state index < -0.39 is 5.82 Å². The van der Waals surface area contributed by atoms with Gasteiger partial charge in [0, 0.05) is 32.7 Å². The highest BCUT2D eigenvalue weighted by molar-refractivity contribution is 5.94. The Kier molecular flexibility index (Phi) is 5.78. The van der Waals surface area contributed by atoms with Gasteiger partial charge in [0.15, 0.2) is 0 Å². The van der Waals surface area contributed by atoms with Crippen LogP contribution in [0.25, 0.3) is 0 Å². The molecule has 8 heteroatoms. The zero-order valence-electron chi connectivity index (χ0n) is 13.4. The monoisotopic (exact) mass is 331 g/mol. The number of hydrogen-bond acceptors (Lipinski definition) is 5. The number of carbonyl (C=O) groups excluding carboxylic acids is 2. The number of benzene rings is 1. The maximum absolute atomic E-state index is 12.8. The third-order valence-corrected chi connectivity index (χ3v) is 3.13. The van der Waals surface area contributed by atoms with Gasteiger partial charge in [0.25, 0.3) is 11.8 Å². The Balaban J connectivity index is 1.76. The highest BCUT2D eigenvalue weighted by atomic mass is 19.1. The Morgan fingerprint density at radius 1 is 1.00 bits per heavy atom. The smallest absolute Gasteiger partial charge is 0.271 e. The lowest BCUT2D eigenvalue weighted by molar-refractivity contribution is 0.0925. The molecule has 7 nitrogen and oxygen atoms in total. The lowest BCUT2D eigenvalue weighted by Crippen LogP contribution is -2.35. The molecule has 0 aliphatic carbocycles. The number of aromatic nitrogens is 2. The third kappa shape index (κ3) is 4.73. The van der Waals surface area contributed by atoms with Crippen molar-refractivity contribution in [2.45, 2.75) is 0 Å². The molecule has 0 bridgehead atoms. The molecule has 24 heavy (non-hydrogen) atoms. The van der Waals surface area contributed by atoms with Crippen molar-refractivity contribution in [3.8, 4) is 0 Å². The maximum Gasteiger partial charge on any atom is 0.271 e. The van der Waals surface area contributed by atoms with Crippen LogP contribution in [-0.2, 0) is 0 Å². The van der Waals surface area contributed by atoms with Crippen molar-refractivity contribution in [3.63, 3.8) is 0 Å². The first-order valence-corrected chi connectivity index (χ1v) is 7.28. The highest BCUT2D eigenvalue weighted by Crippen LogP contribution is 2.04. The van der Waals surface area contributed by atoms with Gasteiger partial charge in [0.05, 0.1) is 12.4 Å². The SMILES string of the molecule is CN(C)c1cnc(C(=O)NCCNC(=O)c2ccc(F)cc2)cn1. The molecule has 0 fully saturated rings. The first kappa shape index (κ1) is 17.3. The molecule has 0 unspecified atom stereocenters. The predicted octanol–water partition coefficient (Wildman–Crippen LogP) is 0.841. The van der Waals surface area contributed by atoms with Crippen LogP contribution in [0.3, 0.4) is 0 Å². The Morgan fingerprint density at radius 3 is 2.17 bits per heavy atom. The van der Waals surface area contributed by atoms with Gasteiger partial charge in [0.1, 0.15) is 17.3 Å². The largest absolute Gasteiger partial charge is 0.361 e. The summed E-state index contributed by atoms with van der Waals surface area (Å²) in [5, 5.41) is 5.26. The molecule has 126 valence electrons.